The van der Waals surface area contributed by atoms with Gasteiger partial charge in [0.05, 0.1) is 18.1 Å². The molecule has 6 heteroatoms. The molecule has 2 aromatic carbocycles. The summed E-state index contributed by atoms with van der Waals surface area (Å²) in [7, 11) is 1.66. The van der Waals surface area contributed by atoms with Crippen LogP contribution in [0.1, 0.15) is 42.7 Å². The molecule has 1 N–H and O–H groups in total. The van der Waals surface area contributed by atoms with E-state index in [-0.39, 0.29) is 11.8 Å². The molecule has 152 valence electrons. The zero-order chi connectivity index (χ0) is 20.5. The van der Waals surface area contributed by atoms with Crippen molar-refractivity contribution in [3.05, 3.63) is 51.9 Å². The van der Waals surface area contributed by atoms with Crippen LogP contribution in [0.2, 0.25) is 5.02 Å². The molecule has 29 heavy (non-hydrogen) atoms. The molecule has 0 amide bonds. The second kappa shape index (κ2) is 8.25. The summed E-state index contributed by atoms with van der Waals surface area (Å²) in [6, 6.07) is 9.73. The first kappa shape index (κ1) is 20.0. The van der Waals surface area contributed by atoms with E-state index in [1.54, 1.807) is 18.4 Å². The fourth-order valence-electron chi connectivity index (χ4n) is 4.21. The highest BCUT2D eigenvalue weighted by Crippen LogP contribution is 2.43. The molecule has 1 aliphatic carbocycles. The Morgan fingerprint density at radius 3 is 2.66 bits per heavy atom. The van der Waals surface area contributed by atoms with Crippen molar-refractivity contribution in [1.82, 2.24) is 0 Å². The minimum Gasteiger partial charge on any atom is -0.496 e. The smallest absolute Gasteiger partial charge is 0.307 e. The summed E-state index contributed by atoms with van der Waals surface area (Å²) in [6.07, 6.45) is 3.61. The van der Waals surface area contributed by atoms with Crippen LogP contribution in [0.15, 0.2) is 35.7 Å². The first-order chi connectivity index (χ1) is 14.0. The molecule has 0 spiro atoms. The second-order valence-corrected chi connectivity index (χ2v) is 8.86. The van der Waals surface area contributed by atoms with E-state index in [0.29, 0.717) is 10.8 Å². The Morgan fingerprint density at radius 1 is 1.14 bits per heavy atom. The van der Waals surface area contributed by atoms with Crippen LogP contribution in [-0.4, -0.2) is 18.2 Å². The number of thiophene rings is 1. The molecular formula is C23H23ClO4S. The van der Waals surface area contributed by atoms with Crippen LogP contribution in [0.4, 0.5) is 0 Å². The SMILES string of the molecule is COc1cc2c(Oc3ccc(C4CCCCC4C(=O)O)cc3Cl)csc2cc1C. The normalized spacial score (nSPS) is 19.3. The van der Waals surface area contributed by atoms with Crippen LogP contribution >= 0.6 is 22.9 Å². The maximum Gasteiger partial charge on any atom is 0.307 e. The minimum atomic E-state index is -0.722. The highest BCUT2D eigenvalue weighted by atomic mass is 35.5. The molecule has 4 nitrogen and oxygen atoms in total. The first-order valence-electron chi connectivity index (χ1n) is 9.74. The fourth-order valence-corrected chi connectivity index (χ4v) is 5.37. The minimum absolute atomic E-state index is 0.00186. The maximum absolute atomic E-state index is 11.6. The van der Waals surface area contributed by atoms with Crippen molar-refractivity contribution < 1.29 is 19.4 Å². The van der Waals surface area contributed by atoms with Crippen molar-refractivity contribution in [3.8, 4) is 17.2 Å². The molecule has 3 aromatic rings. The lowest BCUT2D eigenvalue weighted by Gasteiger charge is -2.29. The summed E-state index contributed by atoms with van der Waals surface area (Å²) in [6.45, 7) is 2.02. The van der Waals surface area contributed by atoms with E-state index in [0.717, 1.165) is 58.4 Å². The molecular weight excluding hydrogens is 408 g/mol. The van der Waals surface area contributed by atoms with Gasteiger partial charge in [-0.2, -0.15) is 0 Å². The van der Waals surface area contributed by atoms with Gasteiger partial charge in [-0.05, 0) is 61.1 Å². The third-order valence-corrected chi connectivity index (χ3v) is 6.96. The Kier molecular flexibility index (Phi) is 5.70. The summed E-state index contributed by atoms with van der Waals surface area (Å²) in [5.41, 5.74) is 2.05. The monoisotopic (exact) mass is 430 g/mol. The highest BCUT2D eigenvalue weighted by Gasteiger charge is 2.32. The molecule has 2 atom stereocenters. The van der Waals surface area contributed by atoms with Gasteiger partial charge in [-0.3, -0.25) is 4.79 Å². The maximum atomic E-state index is 11.6. The van der Waals surface area contributed by atoms with E-state index < -0.39 is 5.97 Å². The second-order valence-electron chi connectivity index (χ2n) is 7.55. The van der Waals surface area contributed by atoms with Gasteiger partial charge in [-0.15, -0.1) is 11.3 Å². The molecule has 1 aliphatic rings. The summed E-state index contributed by atoms with van der Waals surface area (Å²) in [5.74, 6) is 1.06. The van der Waals surface area contributed by atoms with E-state index in [9.17, 15) is 9.90 Å². The van der Waals surface area contributed by atoms with Crippen molar-refractivity contribution in [1.29, 1.82) is 0 Å². The summed E-state index contributed by atoms with van der Waals surface area (Å²) in [4.78, 5) is 11.6. The van der Waals surface area contributed by atoms with Crippen LogP contribution in [0.25, 0.3) is 10.1 Å². The fraction of sp³-hybridized carbons (Fsp3) is 0.348. The molecule has 0 radical (unpaired) electrons. The van der Waals surface area contributed by atoms with Crippen molar-refractivity contribution >= 4 is 39.0 Å². The zero-order valence-corrected chi connectivity index (χ0v) is 18.0. The number of carbonyl (C=O) groups is 1. The van der Waals surface area contributed by atoms with Crippen LogP contribution in [0, 0.1) is 12.8 Å². The first-order valence-corrected chi connectivity index (χ1v) is 11.0. The number of aryl methyl sites for hydroxylation is 1. The van der Waals surface area contributed by atoms with Crippen molar-refractivity contribution in [2.24, 2.45) is 5.92 Å². The van der Waals surface area contributed by atoms with Crippen molar-refractivity contribution in [2.45, 2.75) is 38.5 Å². The van der Waals surface area contributed by atoms with E-state index >= 15 is 0 Å². The predicted octanol–water partition coefficient (Wildman–Crippen LogP) is 7.02. The van der Waals surface area contributed by atoms with E-state index in [1.807, 2.05) is 36.6 Å². The Balaban J connectivity index is 1.62. The Bertz CT molecular complexity index is 1060. The number of methoxy groups -OCH3 is 1. The summed E-state index contributed by atoms with van der Waals surface area (Å²) < 4.78 is 12.7. The standard InChI is InChI=1S/C23H23ClO4S/c1-13-9-22-17(11-20(13)27-2)21(12-29-22)28-19-8-7-14(10-18(19)24)15-5-3-4-6-16(15)23(25)26/h7-12,15-16H,3-6H2,1-2H3,(H,25,26). The summed E-state index contributed by atoms with van der Waals surface area (Å²) >= 11 is 8.15. The Morgan fingerprint density at radius 2 is 1.93 bits per heavy atom. The number of hydrogen-bond acceptors (Lipinski definition) is 4. The number of hydrogen-bond donors (Lipinski definition) is 1. The average Bonchev–Trinajstić information content (AvgIpc) is 3.10. The molecule has 0 saturated heterocycles. The Labute approximate surface area is 179 Å². The van der Waals surface area contributed by atoms with Crippen LogP contribution in [0.3, 0.4) is 0 Å². The number of aliphatic carboxylic acids is 1. The number of halogens is 1. The largest absolute Gasteiger partial charge is 0.496 e. The summed E-state index contributed by atoms with van der Waals surface area (Å²) in [5, 5.41) is 13.0. The molecule has 0 bridgehead atoms. The van der Waals surface area contributed by atoms with Gasteiger partial charge in [-0.1, -0.05) is 30.5 Å². The molecule has 1 aromatic heterocycles. The number of carboxylic acid groups (broad SMARTS) is 1. The van der Waals surface area contributed by atoms with Gasteiger partial charge >= 0.3 is 5.97 Å². The van der Waals surface area contributed by atoms with Gasteiger partial charge < -0.3 is 14.6 Å². The molecule has 1 fully saturated rings. The Hall–Kier alpha value is -2.24. The number of benzene rings is 2. The van der Waals surface area contributed by atoms with E-state index in [1.165, 1.54) is 0 Å². The zero-order valence-electron chi connectivity index (χ0n) is 16.4. The van der Waals surface area contributed by atoms with Crippen LogP contribution < -0.4 is 9.47 Å². The average molecular weight is 431 g/mol. The number of ether oxygens (including phenoxy) is 2. The molecule has 0 aliphatic heterocycles. The number of fused-ring (bicyclic) bond motifs is 1. The van der Waals surface area contributed by atoms with Crippen LogP contribution in [0.5, 0.6) is 17.2 Å². The van der Waals surface area contributed by atoms with Crippen molar-refractivity contribution in [3.63, 3.8) is 0 Å². The molecule has 1 heterocycles. The number of carboxylic acids is 1. The quantitative estimate of drug-likeness (QED) is 0.472. The lowest BCUT2D eigenvalue weighted by atomic mass is 9.75. The molecule has 1 saturated carbocycles. The third-order valence-electron chi connectivity index (χ3n) is 5.74. The van der Waals surface area contributed by atoms with Gasteiger partial charge in [0.25, 0.3) is 0 Å². The van der Waals surface area contributed by atoms with Gasteiger partial charge in [0.2, 0.25) is 0 Å². The van der Waals surface area contributed by atoms with Crippen molar-refractivity contribution in [2.75, 3.05) is 7.11 Å². The van der Waals surface area contributed by atoms with E-state index in [4.69, 9.17) is 21.1 Å². The molecule has 4 rings (SSSR count). The topological polar surface area (TPSA) is 55.8 Å². The highest BCUT2D eigenvalue weighted by molar-refractivity contribution is 7.17. The van der Waals surface area contributed by atoms with Gasteiger partial charge in [0.1, 0.15) is 17.2 Å². The lowest BCUT2D eigenvalue weighted by Crippen LogP contribution is -2.25. The van der Waals surface area contributed by atoms with Crippen LogP contribution in [-0.2, 0) is 4.79 Å². The van der Waals surface area contributed by atoms with Gasteiger partial charge in [0.15, 0.2) is 0 Å². The third kappa shape index (κ3) is 3.94. The van der Waals surface area contributed by atoms with Gasteiger partial charge in [0, 0.05) is 15.5 Å². The van der Waals surface area contributed by atoms with Gasteiger partial charge in [-0.25, -0.2) is 0 Å². The van der Waals surface area contributed by atoms with E-state index in [2.05, 4.69) is 6.07 Å². The number of rotatable bonds is 5. The molecule has 2 unspecified atom stereocenters. The lowest BCUT2D eigenvalue weighted by molar-refractivity contribution is -0.143. The predicted molar refractivity (Wildman–Crippen MR) is 117 cm³/mol.